The van der Waals surface area contributed by atoms with Crippen molar-refractivity contribution in [1.29, 1.82) is 0 Å². The average molecular weight is 258 g/mol. The molecule has 1 N–H and O–H groups in total. The van der Waals surface area contributed by atoms with E-state index in [0.29, 0.717) is 6.04 Å². The highest BCUT2D eigenvalue weighted by atomic mass is 15.2. The minimum atomic E-state index is 0.628. The predicted molar refractivity (Wildman–Crippen MR) is 78.3 cm³/mol. The van der Waals surface area contributed by atoms with Crippen molar-refractivity contribution < 1.29 is 0 Å². The van der Waals surface area contributed by atoms with Gasteiger partial charge in [-0.25, -0.2) is 4.98 Å². The smallest absolute Gasteiger partial charge is 0.110 e. The minimum absolute atomic E-state index is 0.628. The predicted octanol–water partition coefficient (Wildman–Crippen LogP) is 1.41. The molecule has 1 fully saturated rings. The molecule has 2 heterocycles. The highest BCUT2D eigenvalue weighted by Gasteiger charge is 2.18. The second kappa shape index (κ2) is 5.31. The van der Waals surface area contributed by atoms with Gasteiger partial charge in [-0.3, -0.25) is 4.90 Å². The molecule has 2 aromatic rings. The van der Waals surface area contributed by atoms with E-state index < -0.39 is 0 Å². The topological polar surface area (TPSA) is 33.1 Å². The Morgan fingerprint density at radius 2 is 2.21 bits per heavy atom. The fourth-order valence-corrected chi connectivity index (χ4v) is 2.88. The zero-order chi connectivity index (χ0) is 13.2. The number of fused-ring (bicyclic) bond motifs is 1. The number of hydrogen-bond donors (Lipinski definition) is 1. The van der Waals surface area contributed by atoms with Gasteiger partial charge in [0, 0.05) is 45.7 Å². The summed E-state index contributed by atoms with van der Waals surface area (Å²) in [6, 6.07) is 8.98. The highest BCUT2D eigenvalue weighted by molar-refractivity contribution is 5.75. The van der Waals surface area contributed by atoms with Crippen molar-refractivity contribution in [1.82, 2.24) is 19.8 Å². The molecule has 1 saturated heterocycles. The second-order valence-electron chi connectivity index (χ2n) is 5.41. The van der Waals surface area contributed by atoms with Crippen LogP contribution in [0.15, 0.2) is 24.3 Å². The van der Waals surface area contributed by atoms with Gasteiger partial charge >= 0.3 is 0 Å². The van der Waals surface area contributed by atoms with Gasteiger partial charge in [0.1, 0.15) is 5.82 Å². The van der Waals surface area contributed by atoms with Crippen LogP contribution in [0.2, 0.25) is 0 Å². The van der Waals surface area contributed by atoms with Gasteiger partial charge in [-0.15, -0.1) is 0 Å². The van der Waals surface area contributed by atoms with E-state index in [2.05, 4.69) is 53.0 Å². The number of rotatable bonds is 3. The lowest BCUT2D eigenvalue weighted by Gasteiger charge is -2.33. The molecule has 0 saturated carbocycles. The largest absolute Gasteiger partial charge is 0.331 e. The van der Waals surface area contributed by atoms with E-state index in [-0.39, 0.29) is 0 Å². The van der Waals surface area contributed by atoms with Crippen LogP contribution in [0.5, 0.6) is 0 Å². The number of nitrogens with zero attached hydrogens (tertiary/aromatic N) is 3. The minimum Gasteiger partial charge on any atom is -0.331 e. The van der Waals surface area contributed by atoms with Gasteiger partial charge in [-0.1, -0.05) is 12.1 Å². The van der Waals surface area contributed by atoms with Gasteiger partial charge in [-0.05, 0) is 19.1 Å². The first-order chi connectivity index (χ1) is 9.25. The van der Waals surface area contributed by atoms with Crippen LogP contribution in [0.1, 0.15) is 12.7 Å². The molecule has 0 spiro atoms. The summed E-state index contributed by atoms with van der Waals surface area (Å²) in [7, 11) is 2.12. The third-order valence-electron chi connectivity index (χ3n) is 4.14. The molecule has 1 atom stereocenters. The molecule has 1 aromatic carbocycles. The number of nitrogens with one attached hydrogen (secondary N) is 1. The molecule has 0 amide bonds. The lowest BCUT2D eigenvalue weighted by atomic mass is 10.2. The second-order valence-corrected chi connectivity index (χ2v) is 5.41. The van der Waals surface area contributed by atoms with Crippen molar-refractivity contribution in [2.24, 2.45) is 7.05 Å². The normalized spacial score (nSPS) is 21.1. The van der Waals surface area contributed by atoms with Crippen LogP contribution in [-0.4, -0.2) is 46.7 Å². The summed E-state index contributed by atoms with van der Waals surface area (Å²) in [6.07, 6.45) is 1.02. The monoisotopic (exact) mass is 258 g/mol. The first kappa shape index (κ1) is 12.6. The third kappa shape index (κ3) is 2.51. The Balaban J connectivity index is 1.73. The van der Waals surface area contributed by atoms with Gasteiger partial charge in [-0.2, -0.15) is 0 Å². The van der Waals surface area contributed by atoms with Crippen molar-refractivity contribution >= 4 is 11.0 Å². The van der Waals surface area contributed by atoms with E-state index in [1.165, 1.54) is 11.3 Å². The summed E-state index contributed by atoms with van der Waals surface area (Å²) in [4.78, 5) is 7.29. The molecule has 0 radical (unpaired) electrons. The van der Waals surface area contributed by atoms with E-state index in [4.69, 9.17) is 4.98 Å². The van der Waals surface area contributed by atoms with E-state index in [9.17, 15) is 0 Å². The van der Waals surface area contributed by atoms with Crippen LogP contribution in [0.4, 0.5) is 0 Å². The average Bonchev–Trinajstić information content (AvgIpc) is 2.75. The van der Waals surface area contributed by atoms with Crippen LogP contribution in [-0.2, 0) is 13.5 Å². The summed E-state index contributed by atoms with van der Waals surface area (Å²) >= 11 is 0. The Kier molecular flexibility index (Phi) is 3.53. The van der Waals surface area contributed by atoms with Crippen molar-refractivity contribution in [3.05, 3.63) is 30.1 Å². The van der Waals surface area contributed by atoms with E-state index >= 15 is 0 Å². The molecule has 1 aliphatic heterocycles. The number of hydrogen-bond acceptors (Lipinski definition) is 3. The number of aryl methyl sites for hydroxylation is 1. The molecule has 102 valence electrons. The maximum absolute atomic E-state index is 4.74. The fraction of sp³-hybridized carbons (Fsp3) is 0.533. The van der Waals surface area contributed by atoms with Gasteiger partial charge in [0.05, 0.1) is 11.0 Å². The Labute approximate surface area is 114 Å². The van der Waals surface area contributed by atoms with Crippen molar-refractivity contribution in [3.63, 3.8) is 0 Å². The Hall–Kier alpha value is -1.39. The maximum Gasteiger partial charge on any atom is 0.110 e. The zero-order valence-corrected chi connectivity index (χ0v) is 11.8. The Morgan fingerprint density at radius 1 is 1.37 bits per heavy atom. The Morgan fingerprint density at radius 3 is 3.00 bits per heavy atom. The number of aromatic nitrogens is 2. The zero-order valence-electron chi connectivity index (χ0n) is 11.8. The van der Waals surface area contributed by atoms with Gasteiger partial charge < -0.3 is 9.88 Å². The summed E-state index contributed by atoms with van der Waals surface area (Å²) in [5.41, 5.74) is 2.33. The van der Waals surface area contributed by atoms with E-state index in [1.807, 2.05) is 0 Å². The maximum atomic E-state index is 4.74. The van der Waals surface area contributed by atoms with Gasteiger partial charge in [0.25, 0.3) is 0 Å². The number of imidazole rings is 1. The molecule has 4 nitrogen and oxygen atoms in total. The quantitative estimate of drug-likeness (QED) is 0.903. The van der Waals surface area contributed by atoms with Crippen molar-refractivity contribution in [2.45, 2.75) is 19.4 Å². The van der Waals surface area contributed by atoms with Crippen molar-refractivity contribution in [2.75, 3.05) is 26.2 Å². The molecule has 1 aromatic heterocycles. The molecule has 19 heavy (non-hydrogen) atoms. The summed E-state index contributed by atoms with van der Waals surface area (Å²) in [5.74, 6) is 1.19. The first-order valence-electron chi connectivity index (χ1n) is 7.11. The lowest BCUT2D eigenvalue weighted by molar-refractivity contribution is 0.174. The molecule has 0 aliphatic carbocycles. The number of para-hydroxylation sites is 2. The molecule has 3 rings (SSSR count). The lowest BCUT2D eigenvalue weighted by Crippen LogP contribution is -2.50. The third-order valence-corrected chi connectivity index (χ3v) is 4.14. The first-order valence-corrected chi connectivity index (χ1v) is 7.11. The number of piperazine rings is 1. The highest BCUT2D eigenvalue weighted by Crippen LogP contribution is 2.15. The number of benzene rings is 1. The fourth-order valence-electron chi connectivity index (χ4n) is 2.88. The summed E-state index contributed by atoms with van der Waals surface area (Å²) in [5, 5.41) is 3.43. The van der Waals surface area contributed by atoms with Gasteiger partial charge in [0.15, 0.2) is 0 Å². The summed E-state index contributed by atoms with van der Waals surface area (Å²) < 4.78 is 2.22. The Bertz CT molecular complexity index is 560. The van der Waals surface area contributed by atoms with Crippen LogP contribution in [0.3, 0.4) is 0 Å². The van der Waals surface area contributed by atoms with Gasteiger partial charge in [0.2, 0.25) is 0 Å². The SMILES string of the molecule is C[C@H]1CNCCN1CCc1nc2ccccc2n1C. The molecule has 0 bridgehead atoms. The molecular formula is C15H22N4. The van der Waals surface area contributed by atoms with Crippen LogP contribution in [0, 0.1) is 0 Å². The molecule has 4 heteroatoms. The standard InChI is InChI=1S/C15H22N4/c1-12-11-16-8-10-19(12)9-7-15-17-13-5-3-4-6-14(13)18(15)2/h3-6,12,16H,7-11H2,1-2H3/t12-/m0/s1. The van der Waals surface area contributed by atoms with Crippen LogP contribution >= 0.6 is 0 Å². The van der Waals surface area contributed by atoms with Crippen LogP contribution < -0.4 is 5.32 Å². The van der Waals surface area contributed by atoms with Crippen molar-refractivity contribution in [3.8, 4) is 0 Å². The molecule has 0 unspecified atom stereocenters. The van der Waals surface area contributed by atoms with E-state index in [0.717, 1.165) is 38.1 Å². The van der Waals surface area contributed by atoms with Crippen LogP contribution in [0.25, 0.3) is 11.0 Å². The van der Waals surface area contributed by atoms with E-state index in [1.54, 1.807) is 0 Å². The summed E-state index contributed by atoms with van der Waals surface area (Å²) in [6.45, 7) is 6.74. The molecule has 1 aliphatic rings. The molecular weight excluding hydrogens is 236 g/mol.